The van der Waals surface area contributed by atoms with Crippen molar-refractivity contribution in [2.24, 2.45) is 46.3 Å². The van der Waals surface area contributed by atoms with E-state index < -0.39 is 64.2 Å². The minimum absolute atomic E-state index is 0.0373. The molecule has 0 spiro atoms. The zero-order chi connectivity index (χ0) is 45.8. The van der Waals surface area contributed by atoms with Gasteiger partial charge in [-0.05, 0) is 91.7 Å². The Morgan fingerprint density at radius 2 is 1.55 bits per heavy atom. The standard InChI is InChI=1S/C27H35F5O8S.C16H16F3OS/c1-13(4-7-21(36)40-23(26(28,29)30)27(31,32)41(37,38)39)16-5-6-17-22-18(12-20(35)25(16,17)3)24(2)9-8-15(33)10-14(24)11-19(22)34;17-16(18,19)11-20-14-7-8-15(21-9-3-4-10-21)13-6-2-1-5-12(13)14/h13-14,16-18,22-23H,4-12H2,1-3H3,(H,37,38,39);1-2,5-8H,3-4,9-11H2/q;+1/p-1/t13-,14?,16-,17?,18?,22?,23?,24+,25-;/m1./s1. The summed E-state index contributed by atoms with van der Waals surface area (Å²) in [5, 5.41) is -4.11. The van der Waals surface area contributed by atoms with E-state index in [1.165, 1.54) is 29.2 Å². The lowest BCUT2D eigenvalue weighted by Gasteiger charge is -2.58. The molecular weight excluding hydrogens is 877 g/mol. The largest absolute Gasteiger partial charge is 0.743 e. The molecular formula is C43H50F8O9S2. The molecule has 19 heteroatoms. The Bertz CT molecular complexity index is 2160. The molecule has 7 rings (SSSR count). The van der Waals surface area contributed by atoms with Crippen LogP contribution in [0.2, 0.25) is 0 Å². The molecule has 1 saturated heterocycles. The number of hydrogen-bond acceptors (Lipinski definition) is 9. The van der Waals surface area contributed by atoms with E-state index in [0.717, 1.165) is 10.8 Å². The Balaban J connectivity index is 0.000000254. The summed E-state index contributed by atoms with van der Waals surface area (Å²) < 4.78 is 145. The molecule has 2 aromatic carbocycles. The minimum Gasteiger partial charge on any atom is -0.743 e. The highest BCUT2D eigenvalue weighted by Crippen LogP contribution is 2.66. The Hall–Kier alpha value is -3.32. The monoisotopic (exact) mass is 926 g/mol. The van der Waals surface area contributed by atoms with Gasteiger partial charge in [-0.15, -0.1) is 0 Å². The molecule has 62 heavy (non-hydrogen) atoms. The van der Waals surface area contributed by atoms with Crippen LogP contribution in [0.1, 0.15) is 91.4 Å². The van der Waals surface area contributed by atoms with Crippen molar-refractivity contribution in [3.8, 4) is 5.75 Å². The zero-order valence-electron chi connectivity index (χ0n) is 34.4. The van der Waals surface area contributed by atoms with Gasteiger partial charge in [-0.2, -0.15) is 35.1 Å². The van der Waals surface area contributed by atoms with Crippen LogP contribution >= 0.6 is 0 Å². The lowest BCUT2D eigenvalue weighted by molar-refractivity contribution is -0.259. The molecule has 5 aliphatic rings. The SMILES string of the molecule is C[C@H](CCC(=O)OC(C(F)(F)F)C(F)(F)S(=O)(=O)[O-])[C@H]1CCC2C3C(=O)CC4CC(=O)CC[C@]4(C)C3CC(=O)[C@@]21C.FC(F)(F)COc1ccc([S+]2CCCC2)c2ccccc12. The summed E-state index contributed by atoms with van der Waals surface area (Å²) in [7, 11) is -6.57. The first-order chi connectivity index (χ1) is 28.7. The third-order valence-electron chi connectivity index (χ3n) is 14.5. The minimum atomic E-state index is -6.79. The van der Waals surface area contributed by atoms with Crippen molar-refractivity contribution in [2.45, 2.75) is 120 Å². The summed E-state index contributed by atoms with van der Waals surface area (Å²) in [6.07, 6.45) is -10.4. The maximum absolute atomic E-state index is 13.8. The summed E-state index contributed by atoms with van der Waals surface area (Å²) in [5.74, 6) is -0.661. The quantitative estimate of drug-likeness (QED) is 0.0987. The number of halogens is 8. The number of rotatable bonds is 10. The molecule has 9 atom stereocenters. The molecule has 1 aliphatic heterocycles. The summed E-state index contributed by atoms with van der Waals surface area (Å²) in [6.45, 7) is 4.28. The fourth-order valence-corrected chi connectivity index (χ4v) is 14.2. The topological polar surface area (TPSA) is 144 Å². The normalized spacial score (nSPS) is 30.5. The summed E-state index contributed by atoms with van der Waals surface area (Å²) in [4.78, 5) is 52.8. The molecule has 0 N–H and O–H groups in total. The summed E-state index contributed by atoms with van der Waals surface area (Å²) >= 11 is 0. The average molecular weight is 927 g/mol. The van der Waals surface area contributed by atoms with E-state index in [2.05, 4.69) is 11.7 Å². The number of Topliss-reactive ketones (excluding diaryl/α,β-unsaturated/α-hetero) is 3. The molecule has 0 amide bonds. The smallest absolute Gasteiger partial charge is 0.432 e. The zero-order valence-corrected chi connectivity index (χ0v) is 36.1. The Morgan fingerprint density at radius 3 is 2.16 bits per heavy atom. The van der Waals surface area contributed by atoms with Gasteiger partial charge in [-0.3, -0.25) is 19.2 Å². The number of esters is 1. The maximum Gasteiger partial charge on any atom is 0.432 e. The summed E-state index contributed by atoms with van der Waals surface area (Å²) in [5.41, 5.74) is -1.25. The first-order valence-corrected chi connectivity index (χ1v) is 23.7. The van der Waals surface area contributed by atoms with Gasteiger partial charge >= 0.3 is 23.6 Å². The van der Waals surface area contributed by atoms with Crippen LogP contribution < -0.4 is 4.74 Å². The predicted octanol–water partition coefficient (Wildman–Crippen LogP) is 9.15. The van der Waals surface area contributed by atoms with Crippen LogP contribution in [0.25, 0.3) is 10.8 Å². The first kappa shape index (κ1) is 48.1. The van der Waals surface area contributed by atoms with Gasteiger partial charge in [0.25, 0.3) is 6.10 Å². The fourth-order valence-electron chi connectivity index (χ4n) is 11.2. The van der Waals surface area contributed by atoms with E-state index in [9.17, 15) is 67.3 Å². The molecule has 4 aliphatic carbocycles. The number of ether oxygens (including phenoxy) is 2. The van der Waals surface area contributed by atoms with E-state index in [1.807, 2.05) is 30.3 Å². The second kappa shape index (κ2) is 17.6. The van der Waals surface area contributed by atoms with Gasteiger partial charge in [-0.25, -0.2) is 8.42 Å². The van der Waals surface area contributed by atoms with E-state index in [4.69, 9.17) is 4.74 Å². The fraction of sp³-hybridized carbons (Fsp3) is 0.674. The molecule has 1 heterocycles. The third-order valence-corrected chi connectivity index (χ3v) is 17.9. The van der Waals surface area contributed by atoms with Gasteiger partial charge in [0.05, 0.1) is 0 Å². The van der Waals surface area contributed by atoms with Crippen molar-refractivity contribution in [1.29, 1.82) is 0 Å². The van der Waals surface area contributed by atoms with Crippen molar-refractivity contribution in [3.63, 3.8) is 0 Å². The van der Waals surface area contributed by atoms with Crippen molar-refractivity contribution in [2.75, 3.05) is 18.1 Å². The molecule has 0 radical (unpaired) electrons. The van der Waals surface area contributed by atoms with Gasteiger partial charge < -0.3 is 14.0 Å². The van der Waals surface area contributed by atoms with Crippen LogP contribution in [0.15, 0.2) is 41.3 Å². The van der Waals surface area contributed by atoms with Gasteiger partial charge in [0.15, 0.2) is 21.6 Å². The van der Waals surface area contributed by atoms with Gasteiger partial charge in [0.2, 0.25) is 0 Å². The van der Waals surface area contributed by atoms with E-state index in [0.29, 0.717) is 37.9 Å². The van der Waals surface area contributed by atoms with Crippen LogP contribution in [0.5, 0.6) is 5.75 Å². The van der Waals surface area contributed by atoms with E-state index in [1.54, 1.807) is 19.9 Å². The van der Waals surface area contributed by atoms with Crippen LogP contribution in [0, 0.1) is 46.3 Å². The first-order valence-electron chi connectivity index (χ1n) is 20.8. The number of benzene rings is 2. The Labute approximate surface area is 357 Å². The molecule has 5 fully saturated rings. The van der Waals surface area contributed by atoms with Gasteiger partial charge in [0, 0.05) is 65.1 Å². The van der Waals surface area contributed by atoms with E-state index >= 15 is 0 Å². The number of ketones is 3. The Kier molecular flexibility index (Phi) is 13.6. The maximum atomic E-state index is 13.8. The number of hydrogen-bond donors (Lipinski definition) is 0. The van der Waals surface area contributed by atoms with E-state index in [-0.39, 0.29) is 82.5 Å². The molecule has 9 nitrogen and oxygen atoms in total. The summed E-state index contributed by atoms with van der Waals surface area (Å²) in [6, 6.07) is 11.2. The highest BCUT2D eigenvalue weighted by atomic mass is 32.2. The number of alkyl halides is 8. The average Bonchev–Trinajstić information content (AvgIpc) is 3.84. The molecule has 0 aromatic heterocycles. The molecule has 344 valence electrons. The molecule has 2 aromatic rings. The van der Waals surface area contributed by atoms with Crippen LogP contribution in [-0.4, -0.2) is 78.1 Å². The van der Waals surface area contributed by atoms with Crippen molar-refractivity contribution in [3.05, 3.63) is 36.4 Å². The van der Waals surface area contributed by atoms with Crippen LogP contribution in [0.4, 0.5) is 35.1 Å². The molecule has 0 bridgehead atoms. The molecule has 5 unspecified atom stereocenters. The second-order valence-electron chi connectivity index (χ2n) is 18.0. The third kappa shape index (κ3) is 9.41. The number of carbonyl (C=O) groups excluding carboxylic acids is 4. The van der Waals surface area contributed by atoms with Crippen molar-refractivity contribution < 1.29 is 76.7 Å². The predicted molar refractivity (Wildman–Crippen MR) is 210 cm³/mol. The van der Waals surface area contributed by atoms with Crippen LogP contribution in [0.3, 0.4) is 0 Å². The lowest BCUT2D eigenvalue weighted by atomic mass is 9.44. The second-order valence-corrected chi connectivity index (χ2v) is 21.7. The highest BCUT2D eigenvalue weighted by Gasteiger charge is 2.66. The van der Waals surface area contributed by atoms with Crippen LogP contribution in [-0.2, 0) is 44.9 Å². The van der Waals surface area contributed by atoms with Crippen molar-refractivity contribution >= 4 is 55.1 Å². The van der Waals surface area contributed by atoms with Crippen molar-refractivity contribution in [1.82, 2.24) is 0 Å². The van der Waals surface area contributed by atoms with Gasteiger partial charge in [-0.1, -0.05) is 39.0 Å². The Morgan fingerprint density at radius 1 is 0.903 bits per heavy atom. The number of carbonyl (C=O) groups is 4. The highest BCUT2D eigenvalue weighted by molar-refractivity contribution is 7.97. The van der Waals surface area contributed by atoms with Gasteiger partial charge in [0.1, 0.15) is 34.6 Å². The number of fused-ring (bicyclic) bond motifs is 6. The lowest BCUT2D eigenvalue weighted by Crippen LogP contribution is -2.60. The molecule has 4 saturated carbocycles.